The third-order valence-corrected chi connectivity index (χ3v) is 6.50. The van der Waals surface area contributed by atoms with Crippen LogP contribution in [0.2, 0.25) is 0 Å². The van der Waals surface area contributed by atoms with Gasteiger partial charge in [-0.25, -0.2) is 23.5 Å². The molecule has 1 amide bonds. The van der Waals surface area contributed by atoms with Crippen molar-refractivity contribution in [2.75, 3.05) is 5.32 Å². The summed E-state index contributed by atoms with van der Waals surface area (Å²) in [5, 5.41) is 12.2. The van der Waals surface area contributed by atoms with Crippen molar-refractivity contribution in [2.45, 2.75) is 77.9 Å². The molecule has 3 heterocycles. The van der Waals surface area contributed by atoms with Gasteiger partial charge in [-0.3, -0.25) is 4.79 Å². The van der Waals surface area contributed by atoms with E-state index in [2.05, 4.69) is 15.3 Å². The lowest BCUT2D eigenvalue weighted by Crippen LogP contribution is -2.40. The number of nitrogens with zero attached hydrogens (tertiary/aromatic N) is 3. The van der Waals surface area contributed by atoms with Crippen LogP contribution < -0.4 is 5.32 Å². The summed E-state index contributed by atoms with van der Waals surface area (Å²) >= 11 is 0.717. The highest BCUT2D eigenvalue weighted by molar-refractivity contribution is 7.17. The third kappa shape index (κ3) is 4.90. The fourth-order valence-electron chi connectivity index (χ4n) is 3.99. The lowest BCUT2D eigenvalue weighted by atomic mass is 10.1. The minimum absolute atomic E-state index is 0.00591. The second kappa shape index (κ2) is 9.09. The van der Waals surface area contributed by atoms with Gasteiger partial charge in [0.25, 0.3) is 12.3 Å². The molecule has 2 N–H and O–H groups in total. The Morgan fingerprint density at radius 1 is 1.34 bits per heavy atom. The summed E-state index contributed by atoms with van der Waals surface area (Å²) in [6.45, 7) is 9.55. The Balaban J connectivity index is 2.13. The number of carboxylic acids is 1. The second-order valence-corrected chi connectivity index (χ2v) is 10.0. The summed E-state index contributed by atoms with van der Waals surface area (Å²) in [7, 11) is 0. The number of halogens is 2. The molecule has 0 radical (unpaired) electrons. The minimum atomic E-state index is -2.85. The fraction of sp³-hybridized carbons (Fsp3) is 0.545. The predicted molar refractivity (Wildman–Crippen MR) is 120 cm³/mol. The van der Waals surface area contributed by atoms with Crippen LogP contribution in [0.4, 0.5) is 14.6 Å². The molecule has 1 saturated heterocycles. The summed E-state index contributed by atoms with van der Waals surface area (Å²) < 4.78 is 28.0. The number of thiazole rings is 1. The van der Waals surface area contributed by atoms with Gasteiger partial charge in [0, 0.05) is 34.9 Å². The van der Waals surface area contributed by atoms with Gasteiger partial charge in [-0.15, -0.1) is 11.3 Å². The molecule has 1 aliphatic rings. The predicted octanol–water partition coefficient (Wildman–Crippen LogP) is 5.45. The van der Waals surface area contributed by atoms with Gasteiger partial charge in [0.05, 0.1) is 4.88 Å². The number of aromatic nitrogens is 2. The molecule has 0 spiro atoms. The maximum absolute atomic E-state index is 14.0. The van der Waals surface area contributed by atoms with Crippen LogP contribution in [0, 0.1) is 0 Å². The maximum Gasteiger partial charge on any atom is 0.365 e. The number of alkyl halides is 2. The molecule has 0 aromatic carbocycles. The Morgan fingerprint density at radius 3 is 2.59 bits per heavy atom. The summed E-state index contributed by atoms with van der Waals surface area (Å²) in [6.07, 6.45) is 0.827. The molecule has 1 aliphatic heterocycles. The highest BCUT2D eigenvalue weighted by Crippen LogP contribution is 2.39. The van der Waals surface area contributed by atoms with Gasteiger partial charge in [-0.2, -0.15) is 0 Å². The van der Waals surface area contributed by atoms with Crippen LogP contribution in [0.15, 0.2) is 12.3 Å². The maximum atomic E-state index is 14.0. The zero-order valence-corrected chi connectivity index (χ0v) is 19.6. The largest absolute Gasteiger partial charge is 0.476 e. The van der Waals surface area contributed by atoms with E-state index >= 15 is 0 Å². The van der Waals surface area contributed by atoms with E-state index in [-0.39, 0.29) is 44.6 Å². The Bertz CT molecular complexity index is 1020. The van der Waals surface area contributed by atoms with Crippen molar-refractivity contribution in [3.8, 4) is 10.4 Å². The van der Waals surface area contributed by atoms with Crippen molar-refractivity contribution in [3.05, 3.63) is 28.5 Å². The van der Waals surface area contributed by atoms with Crippen molar-refractivity contribution < 1.29 is 23.5 Å². The number of hydrogen-bond acceptors (Lipinski definition) is 6. The average molecular weight is 467 g/mol. The van der Waals surface area contributed by atoms with Crippen molar-refractivity contribution in [2.24, 2.45) is 0 Å². The number of carbonyl (C=O) groups is 2. The summed E-state index contributed by atoms with van der Waals surface area (Å²) in [5.74, 6) is -1.47. The normalized spacial score (nSPS) is 18.9. The van der Waals surface area contributed by atoms with Crippen molar-refractivity contribution in [3.63, 3.8) is 0 Å². The second-order valence-electron chi connectivity index (χ2n) is 9.04. The molecular formula is C22H28F2N4O3S. The summed E-state index contributed by atoms with van der Waals surface area (Å²) in [6, 6.07) is 1.21. The first kappa shape index (κ1) is 24.0. The molecule has 3 rings (SSSR count). The van der Waals surface area contributed by atoms with Gasteiger partial charge >= 0.3 is 5.97 Å². The molecule has 0 bridgehead atoms. The molecule has 174 valence electrons. The number of pyridine rings is 1. The van der Waals surface area contributed by atoms with Crippen LogP contribution in [0.1, 0.15) is 86.2 Å². The molecule has 0 saturated carbocycles. The number of aromatic carboxylic acids is 1. The summed E-state index contributed by atoms with van der Waals surface area (Å²) in [5.41, 5.74) is -0.813. The molecule has 2 aromatic heterocycles. The van der Waals surface area contributed by atoms with E-state index in [1.165, 1.54) is 12.3 Å². The Morgan fingerprint density at radius 2 is 2.03 bits per heavy atom. The van der Waals surface area contributed by atoms with Gasteiger partial charge < -0.3 is 15.3 Å². The van der Waals surface area contributed by atoms with E-state index in [0.29, 0.717) is 11.3 Å². The molecule has 0 aliphatic carbocycles. The SMILES string of the molecule is CCC1CCC(C)N1C(=O)c1nc(C(=O)O)sc1-c1cnc(NC(C)(C)C)cc1C(F)F. The van der Waals surface area contributed by atoms with Crippen LogP contribution in [0.25, 0.3) is 10.4 Å². The van der Waals surface area contributed by atoms with Crippen molar-refractivity contribution in [1.82, 2.24) is 14.9 Å². The number of anilines is 1. The number of hydrogen-bond donors (Lipinski definition) is 2. The molecule has 1 fully saturated rings. The molecule has 2 unspecified atom stereocenters. The molecule has 2 atom stereocenters. The first-order valence-electron chi connectivity index (χ1n) is 10.6. The van der Waals surface area contributed by atoms with E-state index in [1.807, 2.05) is 34.6 Å². The lowest BCUT2D eigenvalue weighted by molar-refractivity contribution is 0.0671. The van der Waals surface area contributed by atoms with Crippen LogP contribution in [-0.4, -0.2) is 49.5 Å². The third-order valence-electron chi connectivity index (χ3n) is 5.42. The molecule has 2 aromatic rings. The van der Waals surface area contributed by atoms with Gasteiger partial charge in [-0.05, 0) is 53.0 Å². The van der Waals surface area contributed by atoms with Crippen molar-refractivity contribution >= 4 is 29.0 Å². The first-order valence-corrected chi connectivity index (χ1v) is 11.4. The Hall–Kier alpha value is -2.62. The van der Waals surface area contributed by atoms with E-state index < -0.39 is 23.8 Å². The molecule has 10 heteroatoms. The number of rotatable bonds is 6. The Kier molecular flexibility index (Phi) is 6.83. The standard InChI is InChI=1S/C22H28F2N4O3S/c1-6-12-8-7-11(2)28(12)20(29)16-17(32-19(26-16)21(30)31)14-10-25-15(27-22(3,4)5)9-13(14)18(23)24/h9-12,18H,6-8H2,1-5H3,(H,25,27)(H,30,31). The molecule has 7 nitrogen and oxygen atoms in total. The zero-order chi connectivity index (χ0) is 23.8. The fourth-order valence-corrected chi connectivity index (χ4v) is 4.92. The van der Waals surface area contributed by atoms with E-state index in [4.69, 9.17) is 0 Å². The topological polar surface area (TPSA) is 95.4 Å². The van der Waals surface area contributed by atoms with Gasteiger partial charge in [0.1, 0.15) is 11.5 Å². The zero-order valence-electron chi connectivity index (χ0n) is 18.8. The quantitative estimate of drug-likeness (QED) is 0.587. The van der Waals surface area contributed by atoms with E-state index in [9.17, 15) is 23.5 Å². The smallest absolute Gasteiger partial charge is 0.365 e. The van der Waals surface area contributed by atoms with Crippen LogP contribution in [0.3, 0.4) is 0 Å². The van der Waals surface area contributed by atoms with Crippen LogP contribution in [-0.2, 0) is 0 Å². The number of amides is 1. The molecular weight excluding hydrogens is 438 g/mol. The summed E-state index contributed by atoms with van der Waals surface area (Å²) in [4.78, 5) is 35.2. The van der Waals surface area contributed by atoms with E-state index in [0.717, 1.165) is 19.3 Å². The number of carbonyl (C=O) groups excluding carboxylic acids is 1. The minimum Gasteiger partial charge on any atom is -0.476 e. The number of nitrogens with one attached hydrogen (secondary N) is 1. The first-order chi connectivity index (χ1) is 14.9. The van der Waals surface area contributed by atoms with Gasteiger partial charge in [-0.1, -0.05) is 6.92 Å². The molecule has 32 heavy (non-hydrogen) atoms. The highest BCUT2D eigenvalue weighted by Gasteiger charge is 2.37. The van der Waals surface area contributed by atoms with Crippen molar-refractivity contribution in [1.29, 1.82) is 0 Å². The number of likely N-dealkylation sites (tertiary alicyclic amines) is 1. The van der Waals surface area contributed by atoms with Gasteiger partial charge in [0.15, 0.2) is 0 Å². The monoisotopic (exact) mass is 466 g/mol. The number of carboxylic acid groups (broad SMARTS) is 1. The van der Waals surface area contributed by atoms with Crippen LogP contribution >= 0.6 is 11.3 Å². The lowest BCUT2D eigenvalue weighted by Gasteiger charge is -2.27. The van der Waals surface area contributed by atoms with Crippen LogP contribution in [0.5, 0.6) is 0 Å². The average Bonchev–Trinajstić information content (AvgIpc) is 3.30. The Labute approximate surface area is 189 Å². The van der Waals surface area contributed by atoms with E-state index in [1.54, 1.807) is 4.90 Å². The highest BCUT2D eigenvalue weighted by atomic mass is 32.1. The van der Waals surface area contributed by atoms with Gasteiger partial charge in [0.2, 0.25) is 5.01 Å².